The normalized spacial score (nSPS) is 15.7. The van der Waals surface area contributed by atoms with Crippen molar-refractivity contribution >= 4 is 39.4 Å². The highest BCUT2D eigenvalue weighted by Gasteiger charge is 2.40. The standard InChI is InChI=1S/C30H23F3N6O2S/c1-17(2)22-5-3-4-6-23(22)29-39(28(40)26(34)42-29)25-14-8-18-15-19(7-13-24(18)36-25)27-35-16-38(37-27)20-9-11-21(12-10-20)41-30(31,32)33/h3-17,29,34H,1-2H3. The van der Waals surface area contributed by atoms with Crippen molar-refractivity contribution in [3.63, 3.8) is 0 Å². The Morgan fingerprint density at radius 2 is 1.76 bits per heavy atom. The van der Waals surface area contributed by atoms with Crippen LogP contribution in [-0.2, 0) is 4.79 Å². The Labute approximate surface area is 242 Å². The third-order valence-electron chi connectivity index (χ3n) is 6.77. The van der Waals surface area contributed by atoms with Crippen LogP contribution in [0.4, 0.5) is 19.0 Å². The first kappa shape index (κ1) is 27.5. The smallest absolute Gasteiger partial charge is 0.406 e. The highest BCUT2D eigenvalue weighted by molar-refractivity contribution is 8.16. The van der Waals surface area contributed by atoms with Gasteiger partial charge in [-0.15, -0.1) is 18.3 Å². The second kappa shape index (κ2) is 10.6. The molecule has 1 unspecified atom stereocenters. The predicted octanol–water partition coefficient (Wildman–Crippen LogP) is 7.26. The maximum atomic E-state index is 13.1. The summed E-state index contributed by atoms with van der Waals surface area (Å²) in [6.45, 7) is 4.20. The Balaban J connectivity index is 1.28. The number of nitrogens with zero attached hydrogens (tertiary/aromatic N) is 5. The van der Waals surface area contributed by atoms with Gasteiger partial charge < -0.3 is 4.74 Å². The number of fused-ring (bicyclic) bond motifs is 1. The molecule has 0 spiro atoms. The molecule has 2 aromatic heterocycles. The van der Waals surface area contributed by atoms with Gasteiger partial charge in [0.15, 0.2) is 10.9 Å². The summed E-state index contributed by atoms with van der Waals surface area (Å²) in [6.07, 6.45) is -3.29. The van der Waals surface area contributed by atoms with Crippen LogP contribution in [-0.4, -0.2) is 37.1 Å². The Hall–Kier alpha value is -4.71. The number of amides is 1. The molecule has 1 fully saturated rings. The van der Waals surface area contributed by atoms with Crippen molar-refractivity contribution in [2.75, 3.05) is 4.90 Å². The molecule has 3 aromatic carbocycles. The molecular formula is C30H23F3N6O2S. The molecule has 12 heteroatoms. The molecule has 3 heterocycles. The van der Waals surface area contributed by atoms with Crippen molar-refractivity contribution in [3.05, 3.63) is 96.3 Å². The highest BCUT2D eigenvalue weighted by atomic mass is 32.2. The summed E-state index contributed by atoms with van der Waals surface area (Å²) < 4.78 is 42.7. The molecule has 0 bridgehead atoms. The zero-order valence-corrected chi connectivity index (χ0v) is 23.1. The van der Waals surface area contributed by atoms with E-state index in [1.54, 1.807) is 11.0 Å². The van der Waals surface area contributed by atoms with Gasteiger partial charge in [-0.3, -0.25) is 15.1 Å². The fourth-order valence-corrected chi connectivity index (χ4v) is 5.90. The number of aromatic nitrogens is 4. The number of alkyl halides is 3. The molecule has 212 valence electrons. The van der Waals surface area contributed by atoms with Crippen molar-refractivity contribution in [2.45, 2.75) is 31.5 Å². The van der Waals surface area contributed by atoms with Crippen LogP contribution in [0, 0.1) is 5.41 Å². The molecule has 42 heavy (non-hydrogen) atoms. The van der Waals surface area contributed by atoms with E-state index in [4.69, 9.17) is 10.4 Å². The summed E-state index contributed by atoms with van der Waals surface area (Å²) in [6, 6.07) is 22.4. The van der Waals surface area contributed by atoms with Crippen LogP contribution in [0.25, 0.3) is 28.0 Å². The first-order chi connectivity index (χ1) is 20.1. The number of benzene rings is 3. The van der Waals surface area contributed by atoms with Gasteiger partial charge in [-0.2, -0.15) is 0 Å². The van der Waals surface area contributed by atoms with Crippen molar-refractivity contribution in [2.24, 2.45) is 0 Å². The highest BCUT2D eigenvalue weighted by Crippen LogP contribution is 2.44. The molecule has 1 atom stereocenters. The van der Waals surface area contributed by atoms with Crippen LogP contribution in [0.1, 0.15) is 36.3 Å². The van der Waals surface area contributed by atoms with Gasteiger partial charge in [0, 0.05) is 10.9 Å². The second-order valence-corrected chi connectivity index (χ2v) is 11.0. The molecule has 0 aliphatic carbocycles. The van der Waals surface area contributed by atoms with E-state index in [1.807, 2.05) is 48.5 Å². The van der Waals surface area contributed by atoms with Crippen LogP contribution in [0.3, 0.4) is 0 Å². The lowest BCUT2D eigenvalue weighted by molar-refractivity contribution is -0.274. The van der Waals surface area contributed by atoms with Gasteiger partial charge in [0.25, 0.3) is 5.91 Å². The minimum Gasteiger partial charge on any atom is -0.406 e. The SMILES string of the molecule is CC(C)c1ccccc1C1SC(=N)C(=O)N1c1ccc2cc(-c3ncn(-c4ccc(OC(F)(F)F)cc4)n3)ccc2n1. The fourth-order valence-electron chi connectivity index (χ4n) is 4.83. The minimum atomic E-state index is -4.76. The van der Waals surface area contributed by atoms with Gasteiger partial charge in [0.2, 0.25) is 0 Å². The summed E-state index contributed by atoms with van der Waals surface area (Å²) in [5.74, 6) is 0.408. The lowest BCUT2D eigenvalue weighted by Crippen LogP contribution is -2.30. The third-order valence-corrected chi connectivity index (χ3v) is 7.87. The molecular weight excluding hydrogens is 565 g/mol. The summed E-state index contributed by atoms with van der Waals surface area (Å²) in [7, 11) is 0. The molecule has 0 radical (unpaired) electrons. The van der Waals surface area contributed by atoms with E-state index in [-0.39, 0.29) is 22.6 Å². The predicted molar refractivity (Wildman–Crippen MR) is 155 cm³/mol. The average Bonchev–Trinajstić information content (AvgIpc) is 3.57. The monoisotopic (exact) mass is 588 g/mol. The van der Waals surface area contributed by atoms with E-state index in [9.17, 15) is 18.0 Å². The van der Waals surface area contributed by atoms with Crippen LogP contribution in [0.5, 0.6) is 5.75 Å². The number of nitrogens with one attached hydrogen (secondary N) is 1. The largest absolute Gasteiger partial charge is 0.573 e. The lowest BCUT2D eigenvalue weighted by Gasteiger charge is -2.25. The summed E-state index contributed by atoms with van der Waals surface area (Å²) >= 11 is 1.21. The van der Waals surface area contributed by atoms with Crippen LogP contribution >= 0.6 is 11.8 Å². The van der Waals surface area contributed by atoms with E-state index in [0.29, 0.717) is 28.4 Å². The topological polar surface area (TPSA) is 97.0 Å². The van der Waals surface area contributed by atoms with Crippen LogP contribution < -0.4 is 9.64 Å². The average molecular weight is 589 g/mol. The van der Waals surface area contributed by atoms with Crippen LogP contribution in [0.2, 0.25) is 0 Å². The van der Waals surface area contributed by atoms with E-state index in [1.165, 1.54) is 47.0 Å². The van der Waals surface area contributed by atoms with Gasteiger partial charge in [-0.25, -0.2) is 14.6 Å². The first-order valence-electron chi connectivity index (χ1n) is 12.9. The Kier molecular flexibility index (Phi) is 6.93. The second-order valence-electron chi connectivity index (χ2n) is 9.89. The molecule has 8 nitrogen and oxygen atoms in total. The molecule has 1 saturated heterocycles. The zero-order chi connectivity index (χ0) is 29.6. The summed E-state index contributed by atoms with van der Waals surface area (Å²) in [4.78, 5) is 23.8. The summed E-state index contributed by atoms with van der Waals surface area (Å²) in [5, 5.41) is 13.1. The van der Waals surface area contributed by atoms with Crippen molar-refractivity contribution < 1.29 is 22.7 Å². The van der Waals surface area contributed by atoms with E-state index in [2.05, 4.69) is 28.7 Å². The number of hydrogen-bond donors (Lipinski definition) is 1. The maximum absolute atomic E-state index is 13.1. The number of rotatable bonds is 6. The minimum absolute atomic E-state index is 0.0278. The lowest BCUT2D eigenvalue weighted by atomic mass is 9.96. The van der Waals surface area contributed by atoms with Crippen molar-refractivity contribution in [1.82, 2.24) is 19.7 Å². The van der Waals surface area contributed by atoms with E-state index in [0.717, 1.165) is 16.5 Å². The third kappa shape index (κ3) is 5.32. The van der Waals surface area contributed by atoms with Gasteiger partial charge in [-0.1, -0.05) is 49.9 Å². The quantitative estimate of drug-likeness (QED) is 0.224. The Bertz CT molecular complexity index is 1820. The van der Waals surface area contributed by atoms with Crippen molar-refractivity contribution in [1.29, 1.82) is 5.41 Å². The van der Waals surface area contributed by atoms with E-state index < -0.39 is 11.7 Å². The number of halogens is 3. The number of hydrogen-bond acceptors (Lipinski definition) is 7. The van der Waals surface area contributed by atoms with Gasteiger partial charge in [0.05, 0.1) is 11.2 Å². The molecule has 5 aromatic rings. The van der Waals surface area contributed by atoms with Gasteiger partial charge >= 0.3 is 6.36 Å². The molecule has 1 N–H and O–H groups in total. The van der Waals surface area contributed by atoms with Gasteiger partial charge in [-0.05, 0) is 71.6 Å². The Morgan fingerprint density at radius 3 is 2.50 bits per heavy atom. The Morgan fingerprint density at radius 1 is 1.00 bits per heavy atom. The number of anilines is 1. The maximum Gasteiger partial charge on any atom is 0.573 e. The van der Waals surface area contributed by atoms with Crippen LogP contribution in [0.15, 0.2) is 85.2 Å². The van der Waals surface area contributed by atoms with E-state index >= 15 is 0 Å². The van der Waals surface area contributed by atoms with Crippen molar-refractivity contribution in [3.8, 4) is 22.8 Å². The zero-order valence-electron chi connectivity index (χ0n) is 22.3. The molecule has 1 aliphatic rings. The van der Waals surface area contributed by atoms with Gasteiger partial charge in [0.1, 0.15) is 23.3 Å². The number of carbonyl (C=O) groups is 1. The first-order valence-corrected chi connectivity index (χ1v) is 13.8. The number of carbonyl (C=O) groups excluding carboxylic acids is 1. The molecule has 1 amide bonds. The number of thioether (sulfide) groups is 1. The summed E-state index contributed by atoms with van der Waals surface area (Å²) in [5.41, 5.74) is 3.98. The molecule has 1 aliphatic heterocycles. The number of pyridine rings is 1. The molecule has 6 rings (SSSR count). The number of ether oxygens (including phenoxy) is 1. The fraction of sp³-hybridized carbons (Fsp3) is 0.167. The molecule has 0 saturated carbocycles.